The van der Waals surface area contributed by atoms with E-state index in [0.29, 0.717) is 33.3 Å². The maximum atomic E-state index is 13.2. The minimum absolute atomic E-state index is 0.0374. The first kappa shape index (κ1) is 21.5. The summed E-state index contributed by atoms with van der Waals surface area (Å²) in [6.45, 7) is 0. The number of hydrogen-bond acceptors (Lipinski definition) is 5. The molecule has 1 saturated heterocycles. The average Bonchev–Trinajstić information content (AvgIpc) is 3.09. The number of amides is 1. The number of nitrogens with zero attached hydrogens (tertiary/aromatic N) is 1. The lowest BCUT2D eigenvalue weighted by Gasteiger charge is -2.26. The zero-order chi connectivity index (χ0) is 22.8. The Bertz CT molecular complexity index is 1200. The summed E-state index contributed by atoms with van der Waals surface area (Å²) >= 11 is 5.97. The fourth-order valence-corrected chi connectivity index (χ4v) is 3.92. The summed E-state index contributed by atoms with van der Waals surface area (Å²) in [4.78, 5) is 27.7. The van der Waals surface area contributed by atoms with Crippen molar-refractivity contribution in [3.63, 3.8) is 0 Å². The highest BCUT2D eigenvalue weighted by molar-refractivity contribution is 6.51. The number of carbonyl (C=O) groups excluding carboxylic acids is 2. The zero-order valence-corrected chi connectivity index (χ0v) is 18.2. The van der Waals surface area contributed by atoms with Gasteiger partial charge in [0.2, 0.25) is 0 Å². The molecule has 0 aliphatic carbocycles. The van der Waals surface area contributed by atoms with Crippen molar-refractivity contribution < 1.29 is 24.2 Å². The SMILES string of the molecule is COc1ccc([C@H]2/C(=C(\O)c3ccc(Cl)cc3)C(=O)C(=O)N2c2ccccc2)c(OC)c1. The summed E-state index contributed by atoms with van der Waals surface area (Å²) in [5, 5.41) is 11.6. The van der Waals surface area contributed by atoms with Crippen LogP contribution in [0.2, 0.25) is 5.02 Å². The fourth-order valence-electron chi connectivity index (χ4n) is 3.79. The maximum absolute atomic E-state index is 13.2. The van der Waals surface area contributed by atoms with Crippen LogP contribution in [-0.4, -0.2) is 31.0 Å². The number of Topliss-reactive ketones (excluding diaryl/α,β-unsaturated/α-hetero) is 1. The molecule has 1 atom stereocenters. The molecule has 1 N–H and O–H groups in total. The molecule has 7 heteroatoms. The average molecular weight is 450 g/mol. The predicted molar refractivity (Wildman–Crippen MR) is 122 cm³/mol. The van der Waals surface area contributed by atoms with Gasteiger partial charge in [-0.3, -0.25) is 14.5 Å². The third-order valence-corrected chi connectivity index (χ3v) is 5.58. The van der Waals surface area contributed by atoms with Crippen LogP contribution in [0.3, 0.4) is 0 Å². The number of anilines is 1. The molecule has 0 bridgehead atoms. The first-order valence-electron chi connectivity index (χ1n) is 9.80. The smallest absolute Gasteiger partial charge is 0.300 e. The van der Waals surface area contributed by atoms with Gasteiger partial charge in [0.05, 0.1) is 25.8 Å². The molecule has 4 rings (SSSR count). The van der Waals surface area contributed by atoms with Crippen molar-refractivity contribution in [2.75, 3.05) is 19.1 Å². The number of halogens is 1. The Labute approximate surface area is 190 Å². The fraction of sp³-hybridized carbons (Fsp3) is 0.120. The van der Waals surface area contributed by atoms with Crippen LogP contribution in [0.5, 0.6) is 11.5 Å². The molecule has 0 saturated carbocycles. The highest BCUT2D eigenvalue weighted by atomic mass is 35.5. The van der Waals surface area contributed by atoms with E-state index in [1.807, 2.05) is 6.07 Å². The summed E-state index contributed by atoms with van der Waals surface area (Å²) in [5.41, 5.74) is 1.39. The van der Waals surface area contributed by atoms with E-state index in [1.54, 1.807) is 66.7 Å². The molecule has 0 unspecified atom stereocenters. The number of ether oxygens (including phenoxy) is 2. The molecule has 1 heterocycles. The zero-order valence-electron chi connectivity index (χ0n) is 17.4. The highest BCUT2D eigenvalue weighted by Gasteiger charge is 2.48. The Balaban J connectivity index is 1.98. The molecule has 0 aromatic heterocycles. The molecule has 32 heavy (non-hydrogen) atoms. The molecule has 3 aromatic rings. The van der Waals surface area contributed by atoms with Gasteiger partial charge in [-0.2, -0.15) is 0 Å². The van der Waals surface area contributed by atoms with Crippen molar-refractivity contribution in [2.24, 2.45) is 0 Å². The number of carbonyl (C=O) groups is 2. The van der Waals surface area contributed by atoms with E-state index < -0.39 is 17.7 Å². The summed E-state index contributed by atoms with van der Waals surface area (Å²) in [6, 6.07) is 19.4. The van der Waals surface area contributed by atoms with E-state index in [9.17, 15) is 14.7 Å². The Morgan fingerprint density at radius 1 is 0.938 bits per heavy atom. The van der Waals surface area contributed by atoms with Crippen molar-refractivity contribution in [1.82, 2.24) is 0 Å². The normalized spacial score (nSPS) is 17.5. The third kappa shape index (κ3) is 3.69. The second kappa shape index (κ2) is 8.77. The Morgan fingerprint density at radius 2 is 1.62 bits per heavy atom. The molecule has 0 radical (unpaired) electrons. The topological polar surface area (TPSA) is 76.1 Å². The van der Waals surface area contributed by atoms with Gasteiger partial charge in [0, 0.05) is 27.9 Å². The summed E-state index contributed by atoms with van der Waals surface area (Å²) in [7, 11) is 3.02. The van der Waals surface area contributed by atoms with Crippen LogP contribution in [0.15, 0.2) is 78.4 Å². The van der Waals surface area contributed by atoms with Gasteiger partial charge in [0.1, 0.15) is 17.3 Å². The number of rotatable bonds is 5. The van der Waals surface area contributed by atoms with Crippen molar-refractivity contribution >= 4 is 34.7 Å². The number of ketones is 1. The van der Waals surface area contributed by atoms with Gasteiger partial charge in [-0.15, -0.1) is 0 Å². The van der Waals surface area contributed by atoms with Crippen LogP contribution in [0.1, 0.15) is 17.2 Å². The minimum atomic E-state index is -0.908. The number of methoxy groups -OCH3 is 2. The first-order chi connectivity index (χ1) is 15.5. The Morgan fingerprint density at radius 3 is 2.25 bits per heavy atom. The number of benzene rings is 3. The second-order valence-electron chi connectivity index (χ2n) is 7.12. The molecular formula is C25H20ClNO5. The molecule has 162 valence electrons. The molecular weight excluding hydrogens is 430 g/mol. The largest absolute Gasteiger partial charge is 0.507 e. The summed E-state index contributed by atoms with van der Waals surface area (Å²) in [5.74, 6) is -0.848. The lowest BCUT2D eigenvalue weighted by Crippen LogP contribution is -2.29. The molecule has 1 aliphatic heterocycles. The first-order valence-corrected chi connectivity index (χ1v) is 10.2. The van der Waals surface area contributed by atoms with Crippen LogP contribution in [0.4, 0.5) is 5.69 Å². The number of hydrogen-bond donors (Lipinski definition) is 1. The van der Waals surface area contributed by atoms with Gasteiger partial charge in [0.25, 0.3) is 11.7 Å². The van der Waals surface area contributed by atoms with E-state index in [1.165, 1.54) is 19.1 Å². The maximum Gasteiger partial charge on any atom is 0.300 e. The van der Waals surface area contributed by atoms with Gasteiger partial charge < -0.3 is 14.6 Å². The molecule has 1 aliphatic rings. The van der Waals surface area contributed by atoms with Gasteiger partial charge >= 0.3 is 0 Å². The Kier molecular flexibility index (Phi) is 5.88. The highest BCUT2D eigenvalue weighted by Crippen LogP contribution is 2.45. The van der Waals surface area contributed by atoms with Crippen LogP contribution in [0, 0.1) is 0 Å². The number of aliphatic hydroxyl groups excluding tert-OH is 1. The van der Waals surface area contributed by atoms with Crippen molar-refractivity contribution in [2.45, 2.75) is 6.04 Å². The van der Waals surface area contributed by atoms with Gasteiger partial charge in [-0.1, -0.05) is 29.8 Å². The third-order valence-electron chi connectivity index (χ3n) is 5.33. The van der Waals surface area contributed by atoms with Crippen LogP contribution in [-0.2, 0) is 9.59 Å². The van der Waals surface area contributed by atoms with E-state index in [2.05, 4.69) is 0 Å². The van der Waals surface area contributed by atoms with E-state index >= 15 is 0 Å². The molecule has 1 amide bonds. The van der Waals surface area contributed by atoms with Gasteiger partial charge in [0.15, 0.2) is 0 Å². The minimum Gasteiger partial charge on any atom is -0.507 e. The van der Waals surface area contributed by atoms with Gasteiger partial charge in [-0.25, -0.2) is 0 Å². The molecule has 3 aromatic carbocycles. The van der Waals surface area contributed by atoms with Crippen molar-refractivity contribution in [3.05, 3.63) is 94.5 Å². The van der Waals surface area contributed by atoms with E-state index in [0.717, 1.165) is 0 Å². The quantitative estimate of drug-likeness (QED) is 0.337. The van der Waals surface area contributed by atoms with Crippen molar-refractivity contribution in [3.8, 4) is 11.5 Å². The molecule has 6 nitrogen and oxygen atoms in total. The van der Waals surface area contributed by atoms with Crippen LogP contribution in [0.25, 0.3) is 5.76 Å². The summed E-state index contributed by atoms with van der Waals surface area (Å²) < 4.78 is 10.8. The van der Waals surface area contributed by atoms with Gasteiger partial charge in [-0.05, 0) is 48.5 Å². The lowest BCUT2D eigenvalue weighted by atomic mass is 9.94. The van der Waals surface area contributed by atoms with Crippen LogP contribution >= 0.6 is 11.6 Å². The monoisotopic (exact) mass is 449 g/mol. The van der Waals surface area contributed by atoms with E-state index in [-0.39, 0.29) is 11.3 Å². The van der Waals surface area contributed by atoms with Crippen molar-refractivity contribution in [1.29, 1.82) is 0 Å². The Hall–Kier alpha value is -3.77. The molecule has 1 fully saturated rings. The lowest BCUT2D eigenvalue weighted by molar-refractivity contribution is -0.132. The number of para-hydroxylation sites is 1. The predicted octanol–water partition coefficient (Wildman–Crippen LogP) is 4.98. The standard InChI is InChI=1S/C25H20ClNO5/c1-31-18-12-13-19(20(14-18)32-2)22-21(23(28)15-8-10-16(26)11-9-15)24(29)25(30)27(22)17-6-4-3-5-7-17/h3-14,22,28H,1-2H3/b23-21+/t22-/m0/s1. The van der Waals surface area contributed by atoms with E-state index in [4.69, 9.17) is 21.1 Å². The second-order valence-corrected chi connectivity index (χ2v) is 7.56. The van der Waals surface area contributed by atoms with Crippen LogP contribution < -0.4 is 14.4 Å². The molecule has 0 spiro atoms. The number of aliphatic hydroxyl groups is 1. The summed E-state index contributed by atoms with van der Waals surface area (Å²) in [6.07, 6.45) is 0.